The number of Topliss-reactive ketones (excluding diaryl/α,β-unsaturated/α-hetero) is 2. The third-order valence-corrected chi connectivity index (χ3v) is 3.91. The zero-order valence-electron chi connectivity index (χ0n) is 10.3. The predicted octanol–water partition coefficient (Wildman–Crippen LogP) is 3.38. The average Bonchev–Trinajstić information content (AvgIpc) is 2.81. The molecule has 18 heavy (non-hydrogen) atoms. The summed E-state index contributed by atoms with van der Waals surface area (Å²) in [6.07, 6.45) is 1.77. The van der Waals surface area contributed by atoms with Gasteiger partial charge in [-0.05, 0) is 34.7 Å². The summed E-state index contributed by atoms with van der Waals surface area (Å²) in [5.41, 5.74) is 1.10. The van der Waals surface area contributed by atoms with Crippen molar-refractivity contribution in [3.63, 3.8) is 0 Å². The highest BCUT2D eigenvalue weighted by atomic mass is 32.1. The summed E-state index contributed by atoms with van der Waals surface area (Å²) in [6, 6.07) is 1.95. The molecule has 1 heterocycles. The van der Waals surface area contributed by atoms with Gasteiger partial charge in [0.25, 0.3) is 0 Å². The lowest BCUT2D eigenvalue weighted by Crippen LogP contribution is -2.26. The first-order chi connectivity index (χ1) is 8.63. The molecule has 0 aliphatic heterocycles. The molecule has 0 spiro atoms. The molecule has 0 atom stereocenters. The number of aliphatic hydroxyl groups is 1. The van der Waals surface area contributed by atoms with Crippen LogP contribution in [0.15, 0.2) is 28.2 Å². The van der Waals surface area contributed by atoms with Gasteiger partial charge in [-0.2, -0.15) is 11.3 Å². The van der Waals surface area contributed by atoms with E-state index in [1.54, 1.807) is 11.3 Å². The van der Waals surface area contributed by atoms with E-state index in [0.717, 1.165) is 12.0 Å². The lowest BCUT2D eigenvalue weighted by atomic mass is 9.80. The van der Waals surface area contributed by atoms with E-state index in [1.165, 1.54) is 0 Å². The van der Waals surface area contributed by atoms with Crippen LogP contribution in [0, 0.1) is 0 Å². The molecule has 3 nitrogen and oxygen atoms in total. The molecule has 0 radical (unpaired) electrons. The van der Waals surface area contributed by atoms with Crippen molar-refractivity contribution in [3.05, 3.63) is 33.7 Å². The van der Waals surface area contributed by atoms with Gasteiger partial charge in [-0.1, -0.05) is 6.92 Å². The zero-order valence-corrected chi connectivity index (χ0v) is 11.1. The van der Waals surface area contributed by atoms with E-state index in [4.69, 9.17) is 0 Å². The zero-order chi connectivity index (χ0) is 13.1. The molecule has 0 aromatic carbocycles. The van der Waals surface area contributed by atoms with Crippen LogP contribution in [0.5, 0.6) is 0 Å². The largest absolute Gasteiger partial charge is 0.511 e. The number of hydrogen-bond acceptors (Lipinski definition) is 4. The Kier molecular flexibility index (Phi) is 3.97. The van der Waals surface area contributed by atoms with Crippen LogP contribution in [-0.4, -0.2) is 16.7 Å². The molecule has 0 unspecified atom stereocenters. The third-order valence-electron chi connectivity index (χ3n) is 3.21. The van der Waals surface area contributed by atoms with Crippen LogP contribution >= 0.6 is 11.3 Å². The van der Waals surface area contributed by atoms with Gasteiger partial charge in [0.2, 0.25) is 0 Å². The molecule has 96 valence electrons. The molecule has 1 aromatic rings. The maximum Gasteiger partial charge on any atom is 0.170 e. The number of hydrogen-bond donors (Lipinski definition) is 1. The molecule has 1 aromatic heterocycles. The van der Waals surface area contributed by atoms with Gasteiger partial charge < -0.3 is 5.11 Å². The van der Waals surface area contributed by atoms with E-state index in [0.29, 0.717) is 19.3 Å². The molecule has 0 amide bonds. The molecule has 0 bridgehead atoms. The van der Waals surface area contributed by atoms with Crippen molar-refractivity contribution in [1.82, 2.24) is 0 Å². The molecule has 0 saturated heterocycles. The average molecular weight is 264 g/mol. The van der Waals surface area contributed by atoms with Crippen LogP contribution in [0.25, 0.3) is 0 Å². The Labute approximate surface area is 110 Å². The fourth-order valence-corrected chi connectivity index (χ4v) is 3.05. The van der Waals surface area contributed by atoms with E-state index < -0.39 is 0 Å². The first-order valence-corrected chi connectivity index (χ1v) is 7.08. The number of rotatable bonds is 3. The van der Waals surface area contributed by atoms with Gasteiger partial charge in [0, 0.05) is 19.3 Å². The second kappa shape index (κ2) is 5.48. The van der Waals surface area contributed by atoms with Crippen LogP contribution in [0.1, 0.15) is 44.1 Å². The Balaban J connectivity index is 2.21. The summed E-state index contributed by atoms with van der Waals surface area (Å²) in [4.78, 5) is 24.0. The summed E-state index contributed by atoms with van der Waals surface area (Å²) in [5.74, 6) is -0.479. The van der Waals surface area contributed by atoms with Crippen molar-refractivity contribution < 1.29 is 14.7 Å². The number of carbonyl (C=O) groups excluding carboxylic acids is 2. The molecule has 4 heteroatoms. The molecule has 1 N–H and O–H groups in total. The van der Waals surface area contributed by atoms with Crippen molar-refractivity contribution in [2.24, 2.45) is 0 Å². The number of ketones is 2. The lowest BCUT2D eigenvalue weighted by Gasteiger charge is -2.22. The molecule has 1 aliphatic carbocycles. The second-order valence-electron chi connectivity index (χ2n) is 4.58. The van der Waals surface area contributed by atoms with E-state index in [2.05, 4.69) is 0 Å². The van der Waals surface area contributed by atoms with Crippen LogP contribution < -0.4 is 0 Å². The van der Waals surface area contributed by atoms with Gasteiger partial charge in [0.1, 0.15) is 5.76 Å². The Bertz CT molecular complexity index is 465. The standard InChI is InChI=1S/C14H16O3S/c1-2-3-11(15)14-12(16)6-10(7-13(14)17)9-4-5-18-8-9/h4-5,8,10,15H,2-3,6-7H2,1H3. The SMILES string of the molecule is CCCC(O)=C1C(=O)CC(c2ccsc2)CC1=O. The summed E-state index contributed by atoms with van der Waals surface area (Å²) in [7, 11) is 0. The first-order valence-electron chi connectivity index (χ1n) is 6.14. The van der Waals surface area contributed by atoms with Crippen molar-refractivity contribution in [2.75, 3.05) is 0 Å². The quantitative estimate of drug-likeness (QED) is 0.517. The maximum atomic E-state index is 12.0. The maximum absolute atomic E-state index is 12.0. The summed E-state index contributed by atoms with van der Waals surface area (Å²) in [6.45, 7) is 1.91. The third kappa shape index (κ3) is 2.53. The van der Waals surface area contributed by atoms with Crippen LogP contribution in [0.2, 0.25) is 0 Å². The Morgan fingerprint density at radius 1 is 1.39 bits per heavy atom. The van der Waals surface area contributed by atoms with Gasteiger partial charge in [0.05, 0.1) is 5.57 Å². The van der Waals surface area contributed by atoms with Gasteiger partial charge in [-0.25, -0.2) is 0 Å². The fraction of sp³-hybridized carbons (Fsp3) is 0.429. The number of allylic oxidation sites excluding steroid dienone is 2. The van der Waals surface area contributed by atoms with E-state index >= 15 is 0 Å². The summed E-state index contributed by atoms with van der Waals surface area (Å²) < 4.78 is 0. The van der Waals surface area contributed by atoms with E-state index in [1.807, 2.05) is 23.8 Å². The molecule has 1 aliphatic rings. The van der Waals surface area contributed by atoms with Crippen molar-refractivity contribution in [2.45, 2.75) is 38.5 Å². The van der Waals surface area contributed by atoms with Crippen LogP contribution in [-0.2, 0) is 9.59 Å². The summed E-state index contributed by atoms with van der Waals surface area (Å²) in [5, 5.41) is 13.7. The Morgan fingerprint density at radius 3 is 2.56 bits per heavy atom. The second-order valence-corrected chi connectivity index (χ2v) is 5.36. The Hall–Kier alpha value is -1.42. The molecular formula is C14H16O3S. The van der Waals surface area contributed by atoms with E-state index in [-0.39, 0.29) is 28.8 Å². The lowest BCUT2D eigenvalue weighted by molar-refractivity contribution is -0.124. The highest BCUT2D eigenvalue weighted by Crippen LogP contribution is 2.33. The van der Waals surface area contributed by atoms with Gasteiger partial charge in [0.15, 0.2) is 11.6 Å². The van der Waals surface area contributed by atoms with Crippen LogP contribution in [0.4, 0.5) is 0 Å². The monoisotopic (exact) mass is 264 g/mol. The molecular weight excluding hydrogens is 248 g/mol. The number of carbonyl (C=O) groups is 2. The smallest absolute Gasteiger partial charge is 0.170 e. The molecule has 1 fully saturated rings. The summed E-state index contributed by atoms with van der Waals surface area (Å²) >= 11 is 1.57. The normalized spacial score (nSPS) is 20.3. The van der Waals surface area contributed by atoms with Gasteiger partial charge in [-0.3, -0.25) is 9.59 Å². The minimum atomic E-state index is -0.214. The molecule has 1 saturated carbocycles. The number of thiophene rings is 1. The highest BCUT2D eigenvalue weighted by molar-refractivity contribution is 7.08. The minimum Gasteiger partial charge on any atom is -0.511 e. The molecule has 2 rings (SSSR count). The van der Waals surface area contributed by atoms with Crippen molar-refractivity contribution in [1.29, 1.82) is 0 Å². The van der Waals surface area contributed by atoms with Crippen molar-refractivity contribution >= 4 is 22.9 Å². The van der Waals surface area contributed by atoms with Crippen molar-refractivity contribution in [3.8, 4) is 0 Å². The fourth-order valence-electron chi connectivity index (χ4n) is 2.31. The minimum absolute atomic E-state index is 0.0190. The van der Waals surface area contributed by atoms with Crippen LogP contribution in [0.3, 0.4) is 0 Å². The predicted molar refractivity (Wildman–Crippen MR) is 70.9 cm³/mol. The Morgan fingerprint density at radius 2 is 2.06 bits per heavy atom. The van der Waals surface area contributed by atoms with Gasteiger partial charge >= 0.3 is 0 Å². The topological polar surface area (TPSA) is 54.4 Å². The first kappa shape index (κ1) is 13.0. The van der Waals surface area contributed by atoms with E-state index in [9.17, 15) is 14.7 Å². The van der Waals surface area contributed by atoms with Gasteiger partial charge in [-0.15, -0.1) is 0 Å². The number of aliphatic hydroxyl groups excluding tert-OH is 1. The highest BCUT2D eigenvalue weighted by Gasteiger charge is 2.33.